The molecule has 1 aliphatic rings. The zero-order valence-corrected chi connectivity index (χ0v) is 12.5. The van der Waals surface area contributed by atoms with Gasteiger partial charge in [0, 0.05) is 12.5 Å². The van der Waals surface area contributed by atoms with Gasteiger partial charge in [-0.2, -0.15) is 0 Å². The summed E-state index contributed by atoms with van der Waals surface area (Å²) in [5.74, 6) is 0.409. The normalized spacial score (nSPS) is 15.7. The van der Waals surface area contributed by atoms with E-state index in [1.165, 1.54) is 11.3 Å². The highest BCUT2D eigenvalue weighted by molar-refractivity contribution is 7.11. The number of carbonyl (C=O) groups excluding carboxylic acids is 1. The summed E-state index contributed by atoms with van der Waals surface area (Å²) in [5.41, 5.74) is 3.56. The van der Waals surface area contributed by atoms with Crippen molar-refractivity contribution in [1.29, 1.82) is 0 Å². The van der Waals surface area contributed by atoms with Crippen molar-refractivity contribution in [2.75, 3.05) is 6.54 Å². The van der Waals surface area contributed by atoms with E-state index in [0.717, 1.165) is 29.0 Å². The molecule has 2 aromatic rings. The van der Waals surface area contributed by atoms with E-state index in [1.54, 1.807) is 5.51 Å². The second-order valence-electron chi connectivity index (χ2n) is 5.31. The van der Waals surface area contributed by atoms with Crippen molar-refractivity contribution >= 4 is 17.2 Å². The lowest BCUT2D eigenvalue weighted by molar-refractivity contribution is 0.0945. The average molecular weight is 302 g/mol. The number of rotatable bonds is 6. The molecule has 0 spiro atoms. The first kappa shape index (κ1) is 14.2. The maximum atomic E-state index is 12.2. The first-order valence-electron chi connectivity index (χ1n) is 7.20. The van der Waals surface area contributed by atoms with Gasteiger partial charge in [0.2, 0.25) is 0 Å². The molecule has 5 heteroatoms. The summed E-state index contributed by atoms with van der Waals surface area (Å²) in [5, 5.41) is 12.9. The molecule has 0 saturated heterocycles. The summed E-state index contributed by atoms with van der Waals surface area (Å²) >= 11 is 1.40. The Morgan fingerprint density at radius 3 is 2.86 bits per heavy atom. The number of hydrogen-bond acceptors (Lipinski definition) is 4. The van der Waals surface area contributed by atoms with Crippen molar-refractivity contribution in [1.82, 2.24) is 10.3 Å². The minimum atomic E-state index is -0.545. The molecular formula is C16H18N2O2S. The SMILES string of the molecule is O=C(NCCC(O)c1ccccc1)c1scnc1C1CC1. The Kier molecular flexibility index (Phi) is 4.31. The molecule has 0 bridgehead atoms. The minimum Gasteiger partial charge on any atom is -0.388 e. The van der Waals surface area contributed by atoms with Crippen molar-refractivity contribution in [2.45, 2.75) is 31.3 Å². The van der Waals surface area contributed by atoms with E-state index in [-0.39, 0.29) is 5.91 Å². The fourth-order valence-electron chi connectivity index (χ4n) is 2.32. The van der Waals surface area contributed by atoms with Gasteiger partial charge >= 0.3 is 0 Å². The van der Waals surface area contributed by atoms with Gasteiger partial charge in [-0.3, -0.25) is 4.79 Å². The molecule has 0 aliphatic heterocycles. The van der Waals surface area contributed by atoms with Gasteiger partial charge < -0.3 is 10.4 Å². The standard InChI is InChI=1S/C16H18N2O2S/c19-13(11-4-2-1-3-5-11)8-9-17-16(20)15-14(12-6-7-12)18-10-21-15/h1-5,10,12-13,19H,6-9H2,(H,17,20). The molecule has 110 valence electrons. The number of thiazole rings is 1. The zero-order valence-electron chi connectivity index (χ0n) is 11.7. The molecule has 0 radical (unpaired) electrons. The van der Waals surface area contributed by atoms with Crippen molar-refractivity contribution < 1.29 is 9.90 Å². The third-order valence-electron chi connectivity index (χ3n) is 3.65. The number of aliphatic hydroxyl groups excluding tert-OH is 1. The van der Waals surface area contributed by atoms with Crippen LogP contribution in [0.5, 0.6) is 0 Å². The van der Waals surface area contributed by atoms with Gasteiger partial charge in [-0.25, -0.2) is 4.98 Å². The molecule has 1 aromatic carbocycles. The van der Waals surface area contributed by atoms with E-state index in [1.807, 2.05) is 30.3 Å². The number of benzene rings is 1. The number of amides is 1. The van der Waals surface area contributed by atoms with Crippen molar-refractivity contribution in [3.63, 3.8) is 0 Å². The van der Waals surface area contributed by atoms with Crippen LogP contribution in [-0.4, -0.2) is 22.5 Å². The Hall–Kier alpha value is -1.72. The highest BCUT2D eigenvalue weighted by atomic mass is 32.1. The van der Waals surface area contributed by atoms with E-state index < -0.39 is 6.10 Å². The first-order valence-corrected chi connectivity index (χ1v) is 8.08. The Bertz CT molecular complexity index is 608. The van der Waals surface area contributed by atoms with Crippen LogP contribution in [0.3, 0.4) is 0 Å². The Labute approximate surface area is 127 Å². The van der Waals surface area contributed by atoms with Crippen LogP contribution >= 0.6 is 11.3 Å². The summed E-state index contributed by atoms with van der Waals surface area (Å²) in [7, 11) is 0. The molecule has 2 N–H and O–H groups in total. The van der Waals surface area contributed by atoms with Crippen molar-refractivity contribution in [2.24, 2.45) is 0 Å². The molecule has 4 nitrogen and oxygen atoms in total. The maximum Gasteiger partial charge on any atom is 0.263 e. The molecule has 1 aromatic heterocycles. The number of aliphatic hydroxyl groups is 1. The number of nitrogens with one attached hydrogen (secondary N) is 1. The molecule has 21 heavy (non-hydrogen) atoms. The third kappa shape index (κ3) is 3.49. The molecule has 1 heterocycles. The molecular weight excluding hydrogens is 284 g/mol. The van der Waals surface area contributed by atoms with Gasteiger partial charge in [-0.1, -0.05) is 30.3 Å². The predicted octanol–water partition coefficient (Wildman–Crippen LogP) is 2.87. The minimum absolute atomic E-state index is 0.0698. The Morgan fingerprint density at radius 2 is 2.14 bits per heavy atom. The molecule has 1 fully saturated rings. The molecule has 1 unspecified atom stereocenters. The van der Waals surface area contributed by atoms with Gasteiger partial charge in [0.25, 0.3) is 5.91 Å². The van der Waals surface area contributed by atoms with E-state index in [9.17, 15) is 9.90 Å². The Morgan fingerprint density at radius 1 is 1.38 bits per heavy atom. The summed E-state index contributed by atoms with van der Waals surface area (Å²) in [6.07, 6.45) is 2.23. The topological polar surface area (TPSA) is 62.2 Å². The fourth-order valence-corrected chi connectivity index (χ4v) is 3.11. The largest absolute Gasteiger partial charge is 0.388 e. The van der Waals surface area contributed by atoms with Crippen molar-refractivity contribution in [3.8, 4) is 0 Å². The summed E-state index contributed by atoms with van der Waals surface area (Å²) < 4.78 is 0. The number of aromatic nitrogens is 1. The van der Waals surface area contributed by atoms with Gasteiger partial charge in [0.05, 0.1) is 17.3 Å². The zero-order chi connectivity index (χ0) is 14.7. The summed E-state index contributed by atoms with van der Waals surface area (Å²) in [4.78, 5) is 17.2. The highest BCUT2D eigenvalue weighted by Crippen LogP contribution is 2.41. The monoisotopic (exact) mass is 302 g/mol. The van der Waals surface area contributed by atoms with Crippen LogP contribution in [-0.2, 0) is 0 Å². The first-order chi connectivity index (χ1) is 10.3. The Balaban J connectivity index is 1.51. The van der Waals surface area contributed by atoms with E-state index >= 15 is 0 Å². The van der Waals surface area contributed by atoms with Crippen LogP contribution in [0.4, 0.5) is 0 Å². The van der Waals surface area contributed by atoms with Gasteiger partial charge in [0.15, 0.2) is 0 Å². The summed E-state index contributed by atoms with van der Waals surface area (Å²) in [6.45, 7) is 0.455. The van der Waals surface area contributed by atoms with Crippen LogP contribution in [0, 0.1) is 0 Å². The average Bonchev–Trinajstić information content (AvgIpc) is 3.24. The van der Waals surface area contributed by atoms with Crippen LogP contribution in [0.1, 0.15) is 52.2 Å². The lowest BCUT2D eigenvalue weighted by Gasteiger charge is -2.11. The summed E-state index contributed by atoms with van der Waals surface area (Å²) in [6, 6.07) is 9.50. The molecule has 1 amide bonds. The van der Waals surface area contributed by atoms with Crippen LogP contribution < -0.4 is 5.32 Å². The second kappa shape index (κ2) is 6.37. The van der Waals surface area contributed by atoms with Gasteiger partial charge in [-0.05, 0) is 24.8 Å². The second-order valence-corrected chi connectivity index (χ2v) is 6.17. The van der Waals surface area contributed by atoms with E-state index in [4.69, 9.17) is 0 Å². The smallest absolute Gasteiger partial charge is 0.263 e. The van der Waals surface area contributed by atoms with Crippen LogP contribution in [0.2, 0.25) is 0 Å². The lowest BCUT2D eigenvalue weighted by atomic mass is 10.1. The van der Waals surface area contributed by atoms with Crippen LogP contribution in [0.15, 0.2) is 35.8 Å². The van der Waals surface area contributed by atoms with Gasteiger partial charge in [-0.15, -0.1) is 11.3 Å². The number of nitrogens with zero attached hydrogens (tertiary/aromatic N) is 1. The quantitative estimate of drug-likeness (QED) is 0.862. The third-order valence-corrected chi connectivity index (χ3v) is 4.49. The van der Waals surface area contributed by atoms with Crippen LogP contribution in [0.25, 0.3) is 0 Å². The molecule has 1 atom stereocenters. The molecule has 1 aliphatic carbocycles. The molecule has 3 rings (SSSR count). The highest BCUT2D eigenvalue weighted by Gasteiger charge is 2.30. The maximum absolute atomic E-state index is 12.2. The fraction of sp³-hybridized carbons (Fsp3) is 0.375. The van der Waals surface area contributed by atoms with Gasteiger partial charge in [0.1, 0.15) is 4.88 Å². The predicted molar refractivity (Wildman–Crippen MR) is 82.4 cm³/mol. The molecule has 1 saturated carbocycles. The van der Waals surface area contributed by atoms with Crippen molar-refractivity contribution in [3.05, 3.63) is 52.0 Å². The number of carbonyl (C=O) groups is 1. The van der Waals surface area contributed by atoms with E-state index in [0.29, 0.717) is 18.9 Å². The lowest BCUT2D eigenvalue weighted by Crippen LogP contribution is -2.25. The number of hydrogen-bond donors (Lipinski definition) is 2. The van der Waals surface area contributed by atoms with E-state index in [2.05, 4.69) is 10.3 Å².